The molecule has 0 radical (unpaired) electrons. The lowest BCUT2D eigenvalue weighted by molar-refractivity contribution is -0.137. The van der Waals surface area contributed by atoms with Crippen LogP contribution in [-0.4, -0.2) is 61.0 Å². The van der Waals surface area contributed by atoms with Crippen LogP contribution in [0.4, 0.5) is 5.69 Å². The van der Waals surface area contributed by atoms with Crippen LogP contribution in [-0.2, 0) is 20.7 Å². The summed E-state index contributed by atoms with van der Waals surface area (Å²) in [7, 11) is 0. The molecule has 0 aliphatic carbocycles. The first-order valence-corrected chi connectivity index (χ1v) is 10.9. The number of nitrogens with zero attached hydrogens (tertiary/aromatic N) is 2. The van der Waals surface area contributed by atoms with Crippen LogP contribution in [0.15, 0.2) is 47.5 Å². The highest BCUT2D eigenvalue weighted by atomic mass is 32.1. The summed E-state index contributed by atoms with van der Waals surface area (Å²) in [6, 6.07) is 11.8. The zero-order chi connectivity index (χ0) is 20.2. The molecule has 1 aromatic carbocycles. The van der Waals surface area contributed by atoms with Crippen molar-refractivity contribution >= 4 is 34.4 Å². The summed E-state index contributed by atoms with van der Waals surface area (Å²) in [6.45, 7) is 6.20. The lowest BCUT2D eigenvalue weighted by Crippen LogP contribution is -2.43. The minimum absolute atomic E-state index is 0.224. The molecule has 0 atom stereocenters. The van der Waals surface area contributed by atoms with Gasteiger partial charge in [0.2, 0.25) is 0 Å². The highest BCUT2D eigenvalue weighted by Gasteiger charge is 2.39. The Hall–Kier alpha value is -2.48. The SMILES string of the molecule is CCc1ccc(NC2=C(c3cccs3)C(=O)N(CCN3CCOCC3)C2=O)cc1. The number of morpholine rings is 1. The second-order valence-corrected chi connectivity index (χ2v) is 8.07. The third-order valence-corrected chi connectivity index (χ3v) is 6.20. The monoisotopic (exact) mass is 411 g/mol. The molecule has 4 rings (SSSR count). The lowest BCUT2D eigenvalue weighted by atomic mass is 10.1. The van der Waals surface area contributed by atoms with Crippen LogP contribution in [0, 0.1) is 0 Å². The van der Waals surface area contributed by atoms with Gasteiger partial charge >= 0.3 is 0 Å². The summed E-state index contributed by atoms with van der Waals surface area (Å²) >= 11 is 1.47. The first-order valence-electron chi connectivity index (χ1n) is 9.97. The van der Waals surface area contributed by atoms with E-state index in [1.807, 2.05) is 41.8 Å². The molecule has 1 saturated heterocycles. The maximum atomic E-state index is 13.2. The van der Waals surface area contributed by atoms with Gasteiger partial charge in [0.1, 0.15) is 5.70 Å². The minimum atomic E-state index is -0.258. The van der Waals surface area contributed by atoms with Crippen molar-refractivity contribution in [2.24, 2.45) is 0 Å². The van der Waals surface area contributed by atoms with Crippen molar-refractivity contribution in [1.29, 1.82) is 0 Å². The van der Waals surface area contributed by atoms with E-state index < -0.39 is 0 Å². The van der Waals surface area contributed by atoms with Crippen molar-refractivity contribution in [2.45, 2.75) is 13.3 Å². The summed E-state index contributed by atoms with van der Waals surface area (Å²) in [5, 5.41) is 5.14. The normalized spacial score (nSPS) is 18.0. The van der Waals surface area contributed by atoms with E-state index >= 15 is 0 Å². The summed E-state index contributed by atoms with van der Waals surface area (Å²) in [4.78, 5) is 30.7. The van der Waals surface area contributed by atoms with Crippen molar-refractivity contribution in [3.8, 4) is 0 Å². The molecule has 1 fully saturated rings. The van der Waals surface area contributed by atoms with Gasteiger partial charge in [0.05, 0.1) is 18.8 Å². The molecule has 1 N–H and O–H groups in total. The number of nitrogens with one attached hydrogen (secondary N) is 1. The molecule has 0 bridgehead atoms. The van der Waals surface area contributed by atoms with Crippen molar-refractivity contribution < 1.29 is 14.3 Å². The number of anilines is 1. The van der Waals surface area contributed by atoms with Gasteiger partial charge < -0.3 is 10.1 Å². The summed E-state index contributed by atoms with van der Waals surface area (Å²) in [6.07, 6.45) is 0.955. The minimum Gasteiger partial charge on any atom is -0.379 e. The number of imide groups is 1. The van der Waals surface area contributed by atoms with E-state index in [0.29, 0.717) is 37.6 Å². The predicted molar refractivity (Wildman–Crippen MR) is 115 cm³/mol. The van der Waals surface area contributed by atoms with Gasteiger partial charge in [0, 0.05) is 36.7 Å². The number of ether oxygens (including phenoxy) is 1. The van der Waals surface area contributed by atoms with Crippen molar-refractivity contribution in [1.82, 2.24) is 9.80 Å². The van der Waals surface area contributed by atoms with Gasteiger partial charge in [-0.3, -0.25) is 19.4 Å². The van der Waals surface area contributed by atoms with Crippen LogP contribution in [0.2, 0.25) is 0 Å². The highest BCUT2D eigenvalue weighted by Crippen LogP contribution is 2.32. The van der Waals surface area contributed by atoms with E-state index in [2.05, 4.69) is 17.1 Å². The molecule has 0 saturated carbocycles. The topological polar surface area (TPSA) is 61.9 Å². The maximum Gasteiger partial charge on any atom is 0.278 e. The van der Waals surface area contributed by atoms with Crippen LogP contribution in [0.25, 0.3) is 5.57 Å². The number of rotatable bonds is 7. The second kappa shape index (κ2) is 8.90. The molecule has 152 valence electrons. The molecular formula is C22H25N3O3S. The number of aryl methyl sites for hydroxylation is 1. The predicted octanol–water partition coefficient (Wildman–Crippen LogP) is 2.83. The Morgan fingerprint density at radius 1 is 1.03 bits per heavy atom. The third-order valence-electron chi connectivity index (χ3n) is 5.31. The molecule has 3 heterocycles. The number of carbonyl (C=O) groups is 2. The molecule has 1 aromatic heterocycles. The van der Waals surface area contributed by atoms with Crippen molar-refractivity contribution in [2.75, 3.05) is 44.7 Å². The number of carbonyl (C=O) groups excluding carboxylic acids is 2. The zero-order valence-electron chi connectivity index (χ0n) is 16.5. The highest BCUT2D eigenvalue weighted by molar-refractivity contribution is 7.11. The largest absolute Gasteiger partial charge is 0.379 e. The van der Waals surface area contributed by atoms with Gasteiger partial charge in [-0.05, 0) is 35.6 Å². The standard InChI is InChI=1S/C22H25N3O3S/c1-2-16-5-7-17(8-6-16)23-20-19(18-4-3-15-29-18)21(26)25(22(20)27)10-9-24-11-13-28-14-12-24/h3-8,15,23H,2,9-14H2,1H3. The fourth-order valence-electron chi connectivity index (χ4n) is 3.58. The van der Waals surface area contributed by atoms with Crippen LogP contribution in [0.1, 0.15) is 17.4 Å². The Bertz CT molecular complexity index is 900. The fraction of sp³-hybridized carbons (Fsp3) is 0.364. The van der Waals surface area contributed by atoms with Crippen molar-refractivity contribution in [3.63, 3.8) is 0 Å². The zero-order valence-corrected chi connectivity index (χ0v) is 17.3. The Morgan fingerprint density at radius 2 is 1.79 bits per heavy atom. The molecule has 0 spiro atoms. The molecule has 2 aromatic rings. The van der Waals surface area contributed by atoms with Gasteiger partial charge in [-0.1, -0.05) is 25.1 Å². The number of amides is 2. The Kier molecular flexibility index (Phi) is 6.08. The number of hydrogen-bond acceptors (Lipinski definition) is 6. The van der Waals surface area contributed by atoms with Crippen molar-refractivity contribution in [3.05, 3.63) is 57.9 Å². The summed E-state index contributed by atoms with van der Waals surface area (Å²) < 4.78 is 5.37. The van der Waals surface area contributed by atoms with E-state index in [1.165, 1.54) is 21.8 Å². The molecule has 0 unspecified atom stereocenters. The molecule has 2 aliphatic rings. The molecule has 7 heteroatoms. The first-order chi connectivity index (χ1) is 14.2. The van der Waals surface area contributed by atoms with Crippen LogP contribution in [0.5, 0.6) is 0 Å². The Labute approximate surface area is 174 Å². The molecular weight excluding hydrogens is 386 g/mol. The Morgan fingerprint density at radius 3 is 2.45 bits per heavy atom. The van der Waals surface area contributed by atoms with Gasteiger partial charge in [0.25, 0.3) is 11.8 Å². The van der Waals surface area contributed by atoms with E-state index in [1.54, 1.807) is 0 Å². The summed E-state index contributed by atoms with van der Waals surface area (Å²) in [5.74, 6) is -0.482. The smallest absolute Gasteiger partial charge is 0.278 e. The van der Waals surface area contributed by atoms with Crippen LogP contribution < -0.4 is 5.32 Å². The molecule has 6 nitrogen and oxygen atoms in total. The van der Waals surface area contributed by atoms with Crippen LogP contribution in [0.3, 0.4) is 0 Å². The van der Waals surface area contributed by atoms with E-state index in [9.17, 15) is 9.59 Å². The third kappa shape index (κ3) is 4.27. The summed E-state index contributed by atoms with van der Waals surface area (Å²) in [5.41, 5.74) is 2.86. The Balaban J connectivity index is 1.56. The second-order valence-electron chi connectivity index (χ2n) is 7.12. The van der Waals surface area contributed by atoms with E-state index in [0.717, 1.165) is 30.1 Å². The molecule has 2 aliphatic heterocycles. The fourth-order valence-corrected chi connectivity index (χ4v) is 4.35. The number of benzene rings is 1. The quantitative estimate of drug-likeness (QED) is 0.710. The maximum absolute atomic E-state index is 13.2. The van der Waals surface area contributed by atoms with Gasteiger partial charge in [0.15, 0.2) is 0 Å². The average Bonchev–Trinajstić information content (AvgIpc) is 3.35. The van der Waals surface area contributed by atoms with Crippen LogP contribution >= 0.6 is 11.3 Å². The van der Waals surface area contributed by atoms with E-state index in [4.69, 9.17) is 4.74 Å². The first kappa shape index (κ1) is 19.8. The average molecular weight is 412 g/mol. The van der Waals surface area contributed by atoms with Gasteiger partial charge in [-0.25, -0.2) is 0 Å². The number of thiophene rings is 1. The molecule has 29 heavy (non-hydrogen) atoms. The number of hydrogen-bond donors (Lipinski definition) is 1. The lowest BCUT2D eigenvalue weighted by Gasteiger charge is -2.28. The van der Waals surface area contributed by atoms with Gasteiger partial charge in [-0.2, -0.15) is 0 Å². The molecule has 2 amide bonds. The van der Waals surface area contributed by atoms with Gasteiger partial charge in [-0.15, -0.1) is 11.3 Å². The van der Waals surface area contributed by atoms with E-state index in [-0.39, 0.29) is 11.8 Å².